The van der Waals surface area contributed by atoms with Crippen LogP contribution in [0.2, 0.25) is 0 Å². The molecule has 4 heteroatoms. The molecule has 0 spiro atoms. The number of ether oxygens (including phenoxy) is 1. The van der Waals surface area contributed by atoms with Gasteiger partial charge in [-0.25, -0.2) is 0 Å². The maximum Gasteiger partial charge on any atom is 0.191 e. The molecule has 19 heavy (non-hydrogen) atoms. The van der Waals surface area contributed by atoms with E-state index in [1.165, 1.54) is 12.8 Å². The van der Waals surface area contributed by atoms with Crippen molar-refractivity contribution >= 4 is 5.96 Å². The summed E-state index contributed by atoms with van der Waals surface area (Å²) in [5.41, 5.74) is 0.411. The molecule has 0 heterocycles. The van der Waals surface area contributed by atoms with Gasteiger partial charge in [0.15, 0.2) is 5.96 Å². The predicted octanol–water partition coefficient (Wildman–Crippen LogP) is 2.79. The van der Waals surface area contributed by atoms with Crippen LogP contribution in [0.5, 0.6) is 0 Å². The van der Waals surface area contributed by atoms with E-state index >= 15 is 0 Å². The monoisotopic (exact) mass is 271 g/mol. The van der Waals surface area contributed by atoms with E-state index < -0.39 is 0 Å². The summed E-state index contributed by atoms with van der Waals surface area (Å²) in [6, 6.07) is 0. The molecule has 0 aromatic rings. The summed E-state index contributed by atoms with van der Waals surface area (Å²) in [7, 11) is 0. The van der Waals surface area contributed by atoms with E-state index in [9.17, 15) is 0 Å². The number of rotatable bonds is 9. The molecule has 0 bridgehead atoms. The number of hydrogen-bond donors (Lipinski definition) is 2. The van der Waals surface area contributed by atoms with Gasteiger partial charge in [0.1, 0.15) is 0 Å². The van der Waals surface area contributed by atoms with Crippen LogP contribution in [-0.2, 0) is 4.74 Å². The Morgan fingerprint density at radius 2 is 1.84 bits per heavy atom. The molecule has 0 radical (unpaired) electrons. The van der Waals surface area contributed by atoms with Crippen LogP contribution in [0.4, 0.5) is 0 Å². The molecule has 0 atom stereocenters. The second-order valence-electron chi connectivity index (χ2n) is 5.90. The predicted molar refractivity (Wildman–Crippen MR) is 83.8 cm³/mol. The molecule has 2 N–H and O–H groups in total. The van der Waals surface area contributed by atoms with Crippen LogP contribution >= 0.6 is 0 Å². The molecule has 0 unspecified atom stereocenters. The maximum atomic E-state index is 5.30. The molecule has 0 rings (SSSR count). The third kappa shape index (κ3) is 13.5. The highest BCUT2D eigenvalue weighted by Crippen LogP contribution is 2.19. The third-order valence-electron chi connectivity index (χ3n) is 2.66. The van der Waals surface area contributed by atoms with Crippen LogP contribution in [0.1, 0.15) is 53.9 Å². The van der Waals surface area contributed by atoms with Gasteiger partial charge in [0.2, 0.25) is 0 Å². The lowest BCUT2D eigenvalue weighted by atomic mass is 9.91. The molecule has 0 saturated heterocycles. The van der Waals surface area contributed by atoms with Gasteiger partial charge in [0, 0.05) is 32.8 Å². The first-order valence-electron chi connectivity index (χ1n) is 7.59. The first kappa shape index (κ1) is 18.2. The number of nitrogens with zero attached hydrogens (tertiary/aromatic N) is 1. The summed E-state index contributed by atoms with van der Waals surface area (Å²) in [4.78, 5) is 4.53. The fraction of sp³-hybridized carbons (Fsp3) is 0.933. The van der Waals surface area contributed by atoms with Crippen molar-refractivity contribution in [2.75, 3.05) is 32.8 Å². The molecule has 0 amide bonds. The lowest BCUT2D eigenvalue weighted by Gasteiger charge is -2.18. The SMILES string of the molecule is CCNC(=NCCCOCC)NCCCC(C)(C)C. The van der Waals surface area contributed by atoms with Crippen LogP contribution < -0.4 is 10.6 Å². The van der Waals surface area contributed by atoms with Gasteiger partial charge >= 0.3 is 0 Å². The fourth-order valence-electron chi connectivity index (χ4n) is 1.67. The standard InChI is InChI=1S/C15H33N3O/c1-6-16-14(18-12-9-13-19-7-2)17-11-8-10-15(3,4)5/h6-13H2,1-5H3,(H2,16,17,18). The van der Waals surface area contributed by atoms with Crippen molar-refractivity contribution in [1.29, 1.82) is 0 Å². The van der Waals surface area contributed by atoms with E-state index in [2.05, 4.69) is 43.3 Å². The Labute approximate surface area is 119 Å². The van der Waals surface area contributed by atoms with E-state index in [0.29, 0.717) is 5.41 Å². The minimum Gasteiger partial charge on any atom is -0.382 e. The average Bonchev–Trinajstić information content (AvgIpc) is 2.33. The maximum absolute atomic E-state index is 5.30. The van der Waals surface area contributed by atoms with Gasteiger partial charge in [-0.2, -0.15) is 0 Å². The van der Waals surface area contributed by atoms with Crippen molar-refractivity contribution < 1.29 is 4.74 Å². The largest absolute Gasteiger partial charge is 0.382 e. The van der Waals surface area contributed by atoms with E-state index in [1.54, 1.807) is 0 Å². The van der Waals surface area contributed by atoms with Crippen molar-refractivity contribution in [2.45, 2.75) is 53.9 Å². The molecule has 0 aromatic heterocycles. The van der Waals surface area contributed by atoms with Crippen molar-refractivity contribution in [3.05, 3.63) is 0 Å². The third-order valence-corrected chi connectivity index (χ3v) is 2.66. The van der Waals surface area contributed by atoms with Gasteiger partial charge < -0.3 is 15.4 Å². The van der Waals surface area contributed by atoms with Crippen LogP contribution in [0.25, 0.3) is 0 Å². The Morgan fingerprint density at radius 3 is 2.42 bits per heavy atom. The van der Waals surface area contributed by atoms with Crippen LogP contribution in [0.3, 0.4) is 0 Å². The molecule has 0 fully saturated rings. The Kier molecular flexibility index (Phi) is 10.6. The van der Waals surface area contributed by atoms with Gasteiger partial charge in [-0.15, -0.1) is 0 Å². The highest BCUT2D eigenvalue weighted by Gasteiger charge is 2.08. The van der Waals surface area contributed by atoms with Crippen molar-refractivity contribution in [3.8, 4) is 0 Å². The molecule has 4 nitrogen and oxygen atoms in total. The second kappa shape index (κ2) is 11.1. The minimum absolute atomic E-state index is 0.411. The molecular formula is C15H33N3O. The normalized spacial score (nSPS) is 12.6. The molecular weight excluding hydrogens is 238 g/mol. The van der Waals surface area contributed by atoms with Gasteiger partial charge in [0.05, 0.1) is 0 Å². The summed E-state index contributed by atoms with van der Waals surface area (Å²) in [5, 5.41) is 6.65. The van der Waals surface area contributed by atoms with Gasteiger partial charge in [-0.3, -0.25) is 4.99 Å². The number of hydrogen-bond acceptors (Lipinski definition) is 2. The summed E-state index contributed by atoms with van der Waals surface area (Å²) >= 11 is 0. The summed E-state index contributed by atoms with van der Waals surface area (Å²) in [6.07, 6.45) is 3.38. The van der Waals surface area contributed by atoms with Gasteiger partial charge in [-0.05, 0) is 38.5 Å². The van der Waals surface area contributed by atoms with Crippen LogP contribution in [0, 0.1) is 5.41 Å². The Balaban J connectivity index is 3.81. The van der Waals surface area contributed by atoms with Gasteiger partial charge in [0.25, 0.3) is 0 Å². The minimum atomic E-state index is 0.411. The zero-order valence-electron chi connectivity index (χ0n) is 13.5. The van der Waals surface area contributed by atoms with Gasteiger partial charge in [-0.1, -0.05) is 20.8 Å². The van der Waals surface area contributed by atoms with E-state index in [4.69, 9.17) is 4.74 Å². The van der Waals surface area contributed by atoms with E-state index in [1.807, 2.05) is 6.92 Å². The average molecular weight is 271 g/mol. The van der Waals surface area contributed by atoms with E-state index in [0.717, 1.165) is 45.2 Å². The van der Waals surface area contributed by atoms with Crippen molar-refractivity contribution in [1.82, 2.24) is 10.6 Å². The molecule has 0 aromatic carbocycles. The van der Waals surface area contributed by atoms with Crippen LogP contribution in [-0.4, -0.2) is 38.8 Å². The Hall–Kier alpha value is -0.770. The second-order valence-corrected chi connectivity index (χ2v) is 5.90. The summed E-state index contributed by atoms with van der Waals surface area (Å²) in [5.74, 6) is 0.924. The Morgan fingerprint density at radius 1 is 1.11 bits per heavy atom. The van der Waals surface area contributed by atoms with E-state index in [-0.39, 0.29) is 0 Å². The van der Waals surface area contributed by atoms with Crippen molar-refractivity contribution in [2.24, 2.45) is 10.4 Å². The molecule has 0 aliphatic rings. The molecule has 0 aliphatic carbocycles. The number of guanidine groups is 1. The first-order valence-corrected chi connectivity index (χ1v) is 7.59. The molecule has 0 saturated carbocycles. The zero-order chi connectivity index (χ0) is 14.6. The smallest absolute Gasteiger partial charge is 0.191 e. The lowest BCUT2D eigenvalue weighted by Crippen LogP contribution is -2.38. The number of aliphatic imine (C=N–C) groups is 1. The Bertz CT molecular complexity index is 234. The highest BCUT2D eigenvalue weighted by molar-refractivity contribution is 5.79. The highest BCUT2D eigenvalue weighted by atomic mass is 16.5. The first-order chi connectivity index (χ1) is 8.99. The lowest BCUT2D eigenvalue weighted by molar-refractivity contribution is 0.146. The molecule has 0 aliphatic heterocycles. The molecule has 114 valence electrons. The summed E-state index contributed by atoms with van der Waals surface area (Å²) in [6.45, 7) is 15.2. The van der Waals surface area contributed by atoms with Crippen molar-refractivity contribution in [3.63, 3.8) is 0 Å². The summed E-state index contributed by atoms with van der Waals surface area (Å²) < 4.78 is 5.30. The number of nitrogens with one attached hydrogen (secondary N) is 2. The zero-order valence-corrected chi connectivity index (χ0v) is 13.5. The quantitative estimate of drug-likeness (QED) is 0.385. The fourth-order valence-corrected chi connectivity index (χ4v) is 1.67. The topological polar surface area (TPSA) is 45.7 Å². The van der Waals surface area contributed by atoms with Crippen LogP contribution in [0.15, 0.2) is 4.99 Å².